The van der Waals surface area contributed by atoms with Crippen molar-refractivity contribution < 1.29 is 0 Å². The maximum Gasteiger partial charge on any atom is 0.0603 e. The number of hydrogen-bond donors (Lipinski definition) is 1. The number of piperidine rings is 2. The van der Waals surface area contributed by atoms with E-state index >= 15 is 0 Å². The summed E-state index contributed by atoms with van der Waals surface area (Å²) in [4.78, 5) is 2.58. The number of hydrogen-bond acceptors (Lipinski definition) is 2. The lowest BCUT2D eigenvalue weighted by Gasteiger charge is -2.48. The predicted molar refractivity (Wildman–Crippen MR) is 68.3 cm³/mol. The molecule has 2 atom stereocenters. The van der Waals surface area contributed by atoms with Gasteiger partial charge >= 0.3 is 0 Å². The molecule has 0 aromatic carbocycles. The molecular weight excluding hydrogens is 196 g/mol. The van der Waals surface area contributed by atoms with Crippen molar-refractivity contribution in [2.24, 2.45) is 0 Å². The van der Waals surface area contributed by atoms with Gasteiger partial charge in [0.05, 0.1) is 6.54 Å². The molecule has 2 heteroatoms. The van der Waals surface area contributed by atoms with Crippen molar-refractivity contribution in [3.63, 3.8) is 0 Å². The van der Waals surface area contributed by atoms with Gasteiger partial charge in [-0.3, -0.25) is 4.90 Å². The Morgan fingerprint density at radius 1 is 1.31 bits per heavy atom. The first-order valence-corrected chi connectivity index (χ1v) is 6.77. The minimum atomic E-state index is 0.740. The summed E-state index contributed by atoms with van der Waals surface area (Å²) in [6, 6.07) is 2.24. The van der Waals surface area contributed by atoms with Gasteiger partial charge in [-0.25, -0.2) is 0 Å². The molecule has 2 heterocycles. The highest BCUT2D eigenvalue weighted by molar-refractivity contribution is 5.00. The molecule has 90 valence electrons. The molecule has 0 saturated carbocycles. The molecule has 2 aliphatic heterocycles. The molecule has 0 radical (unpaired) electrons. The molecule has 0 spiro atoms. The van der Waals surface area contributed by atoms with E-state index in [1.807, 2.05) is 0 Å². The van der Waals surface area contributed by atoms with E-state index in [1.54, 1.807) is 0 Å². The van der Waals surface area contributed by atoms with E-state index in [2.05, 4.69) is 23.1 Å². The van der Waals surface area contributed by atoms with E-state index in [-0.39, 0.29) is 0 Å². The van der Waals surface area contributed by atoms with Gasteiger partial charge in [0.2, 0.25) is 0 Å². The van der Waals surface area contributed by atoms with Crippen LogP contribution in [0.15, 0.2) is 0 Å². The van der Waals surface area contributed by atoms with Gasteiger partial charge in [-0.2, -0.15) is 0 Å². The highest BCUT2D eigenvalue weighted by Gasteiger charge is 2.37. The van der Waals surface area contributed by atoms with Crippen molar-refractivity contribution >= 4 is 0 Å². The Balaban J connectivity index is 1.92. The maximum atomic E-state index is 5.47. The minimum absolute atomic E-state index is 0.740. The summed E-state index contributed by atoms with van der Waals surface area (Å²) in [6.07, 6.45) is 13.4. The van der Waals surface area contributed by atoms with Crippen molar-refractivity contribution in [3.05, 3.63) is 0 Å². The molecule has 2 fully saturated rings. The van der Waals surface area contributed by atoms with Gasteiger partial charge < -0.3 is 5.32 Å². The third-order valence-electron chi connectivity index (χ3n) is 4.08. The van der Waals surface area contributed by atoms with E-state index in [4.69, 9.17) is 6.42 Å². The first-order chi connectivity index (χ1) is 7.85. The average molecular weight is 220 g/mol. The van der Waals surface area contributed by atoms with Gasteiger partial charge in [0.25, 0.3) is 0 Å². The van der Waals surface area contributed by atoms with Crippen molar-refractivity contribution in [1.82, 2.24) is 10.2 Å². The Bertz CT molecular complexity index is 242. The van der Waals surface area contributed by atoms with Gasteiger partial charge in [0, 0.05) is 18.1 Å². The Labute approximate surface area is 99.8 Å². The standard InChI is InChI=1S/C14H24N2/c1-3-8-15-12-10-13-6-5-7-14(11-12)16(13)9-4-2/h2,12-15H,3,5-11H2,1H3. The van der Waals surface area contributed by atoms with Gasteiger partial charge in [-0.05, 0) is 38.6 Å². The van der Waals surface area contributed by atoms with E-state index < -0.39 is 0 Å². The number of nitrogens with one attached hydrogen (secondary N) is 1. The molecule has 0 aromatic rings. The van der Waals surface area contributed by atoms with Crippen molar-refractivity contribution in [3.8, 4) is 12.3 Å². The Morgan fingerprint density at radius 2 is 2.00 bits per heavy atom. The van der Waals surface area contributed by atoms with Crippen molar-refractivity contribution in [1.29, 1.82) is 0 Å². The van der Waals surface area contributed by atoms with Crippen LogP contribution in [0, 0.1) is 12.3 Å². The van der Waals surface area contributed by atoms with Crippen molar-refractivity contribution in [2.75, 3.05) is 13.1 Å². The summed E-state index contributed by atoms with van der Waals surface area (Å²) in [5.74, 6) is 2.83. The number of nitrogens with zero attached hydrogens (tertiary/aromatic N) is 1. The van der Waals surface area contributed by atoms with E-state index in [1.165, 1.54) is 45.1 Å². The van der Waals surface area contributed by atoms with Crippen LogP contribution in [0.5, 0.6) is 0 Å². The second-order valence-corrected chi connectivity index (χ2v) is 5.24. The predicted octanol–water partition coefficient (Wildman–Crippen LogP) is 2.00. The third-order valence-corrected chi connectivity index (χ3v) is 4.08. The lowest BCUT2D eigenvalue weighted by molar-refractivity contribution is 0.0368. The minimum Gasteiger partial charge on any atom is -0.314 e. The second kappa shape index (κ2) is 5.70. The Hall–Kier alpha value is -0.520. The number of fused-ring (bicyclic) bond motifs is 2. The molecule has 0 amide bonds. The molecule has 2 nitrogen and oxygen atoms in total. The SMILES string of the molecule is C#CCN1C2CCCC1CC(NCCC)C2. The second-order valence-electron chi connectivity index (χ2n) is 5.24. The highest BCUT2D eigenvalue weighted by Crippen LogP contribution is 2.33. The summed E-state index contributed by atoms with van der Waals surface area (Å²) >= 11 is 0. The molecule has 2 aliphatic rings. The first kappa shape index (κ1) is 12.0. The van der Waals surface area contributed by atoms with E-state index in [0.29, 0.717) is 0 Å². The highest BCUT2D eigenvalue weighted by atomic mass is 15.2. The summed E-state index contributed by atoms with van der Waals surface area (Å²) in [6.45, 7) is 4.26. The lowest BCUT2D eigenvalue weighted by Crippen LogP contribution is -2.56. The lowest BCUT2D eigenvalue weighted by atomic mass is 9.81. The Kier molecular flexibility index (Phi) is 4.26. The van der Waals surface area contributed by atoms with Crippen LogP contribution in [0.4, 0.5) is 0 Å². The van der Waals surface area contributed by atoms with E-state index in [9.17, 15) is 0 Å². The molecule has 2 bridgehead atoms. The fourth-order valence-corrected chi connectivity index (χ4v) is 3.36. The summed E-state index contributed by atoms with van der Waals surface area (Å²) in [5.41, 5.74) is 0. The van der Waals surface area contributed by atoms with Crippen LogP contribution in [0.25, 0.3) is 0 Å². The molecular formula is C14H24N2. The summed E-state index contributed by atoms with van der Waals surface area (Å²) in [5, 5.41) is 3.68. The van der Waals surface area contributed by atoms with Gasteiger partial charge in [-0.1, -0.05) is 19.3 Å². The smallest absolute Gasteiger partial charge is 0.0603 e. The largest absolute Gasteiger partial charge is 0.314 e. The topological polar surface area (TPSA) is 15.3 Å². The van der Waals surface area contributed by atoms with Gasteiger partial charge in [0.1, 0.15) is 0 Å². The van der Waals surface area contributed by atoms with Crippen LogP contribution >= 0.6 is 0 Å². The number of rotatable bonds is 4. The molecule has 16 heavy (non-hydrogen) atoms. The van der Waals surface area contributed by atoms with Crippen LogP contribution in [-0.2, 0) is 0 Å². The average Bonchev–Trinajstić information content (AvgIpc) is 2.27. The molecule has 2 rings (SSSR count). The zero-order valence-corrected chi connectivity index (χ0v) is 10.4. The zero-order chi connectivity index (χ0) is 11.4. The Morgan fingerprint density at radius 3 is 2.56 bits per heavy atom. The number of terminal acetylenes is 1. The van der Waals surface area contributed by atoms with Gasteiger partial charge in [-0.15, -0.1) is 6.42 Å². The molecule has 0 aromatic heterocycles. The molecule has 0 aliphatic carbocycles. The summed E-state index contributed by atoms with van der Waals surface area (Å²) in [7, 11) is 0. The quantitative estimate of drug-likeness (QED) is 0.729. The van der Waals surface area contributed by atoms with Crippen LogP contribution < -0.4 is 5.32 Å². The van der Waals surface area contributed by atoms with Crippen LogP contribution in [0.2, 0.25) is 0 Å². The monoisotopic (exact) mass is 220 g/mol. The maximum absolute atomic E-state index is 5.47. The van der Waals surface area contributed by atoms with Crippen LogP contribution in [0.3, 0.4) is 0 Å². The van der Waals surface area contributed by atoms with E-state index in [0.717, 1.165) is 24.7 Å². The zero-order valence-electron chi connectivity index (χ0n) is 10.4. The molecule has 1 N–H and O–H groups in total. The van der Waals surface area contributed by atoms with Crippen LogP contribution in [-0.4, -0.2) is 36.1 Å². The van der Waals surface area contributed by atoms with Gasteiger partial charge in [0.15, 0.2) is 0 Å². The fourth-order valence-electron chi connectivity index (χ4n) is 3.36. The summed E-state index contributed by atoms with van der Waals surface area (Å²) < 4.78 is 0. The van der Waals surface area contributed by atoms with Crippen LogP contribution in [0.1, 0.15) is 45.4 Å². The normalized spacial score (nSPS) is 34.6. The molecule has 2 saturated heterocycles. The van der Waals surface area contributed by atoms with Crippen molar-refractivity contribution in [2.45, 2.75) is 63.6 Å². The third kappa shape index (κ3) is 2.59. The first-order valence-electron chi connectivity index (χ1n) is 6.77. The fraction of sp³-hybridized carbons (Fsp3) is 0.857. The molecule has 2 unspecified atom stereocenters.